The molecule has 0 saturated heterocycles. The molecular weight excluding hydrogens is 290 g/mol. The summed E-state index contributed by atoms with van der Waals surface area (Å²) < 4.78 is 18.7. The van der Waals surface area contributed by atoms with E-state index in [0.29, 0.717) is 11.6 Å². The van der Waals surface area contributed by atoms with Gasteiger partial charge in [-0.15, -0.1) is 0 Å². The minimum Gasteiger partial charge on any atom is -0.439 e. The van der Waals surface area contributed by atoms with Gasteiger partial charge in [0.05, 0.1) is 5.02 Å². The standard InChI is InChI=1S/C13H11Cl2FN2O/c1-7(2)13-17-11(15)6-12(18-13)19-8-3-4-9(14)10(16)5-8/h3-7H,1-2H3. The van der Waals surface area contributed by atoms with E-state index in [1.165, 1.54) is 18.2 Å². The van der Waals surface area contributed by atoms with Gasteiger partial charge in [-0.05, 0) is 12.1 Å². The lowest BCUT2D eigenvalue weighted by atomic mass is 10.2. The Balaban J connectivity index is 2.29. The quantitative estimate of drug-likeness (QED) is 0.761. The van der Waals surface area contributed by atoms with E-state index in [1.54, 1.807) is 6.07 Å². The number of hydrogen-bond acceptors (Lipinski definition) is 3. The number of hydrogen-bond donors (Lipinski definition) is 0. The van der Waals surface area contributed by atoms with E-state index < -0.39 is 5.82 Å². The monoisotopic (exact) mass is 300 g/mol. The summed E-state index contributed by atoms with van der Waals surface area (Å²) in [7, 11) is 0. The highest BCUT2D eigenvalue weighted by atomic mass is 35.5. The zero-order valence-corrected chi connectivity index (χ0v) is 11.8. The Labute approximate surface area is 120 Å². The Morgan fingerprint density at radius 1 is 1.16 bits per heavy atom. The summed E-state index contributed by atoms with van der Waals surface area (Å²) in [5, 5.41) is 0.319. The Bertz CT molecular complexity index is 605. The minimum atomic E-state index is -0.552. The summed E-state index contributed by atoms with van der Waals surface area (Å²) in [5.74, 6) is 0.695. The smallest absolute Gasteiger partial charge is 0.224 e. The van der Waals surface area contributed by atoms with Gasteiger partial charge < -0.3 is 4.74 Å². The lowest BCUT2D eigenvalue weighted by Crippen LogP contribution is -1.99. The molecule has 100 valence electrons. The van der Waals surface area contributed by atoms with Gasteiger partial charge in [0.2, 0.25) is 5.88 Å². The molecule has 6 heteroatoms. The maximum absolute atomic E-state index is 13.3. The maximum Gasteiger partial charge on any atom is 0.224 e. The molecule has 0 saturated carbocycles. The molecule has 0 atom stereocenters. The zero-order chi connectivity index (χ0) is 14.0. The van der Waals surface area contributed by atoms with E-state index in [4.69, 9.17) is 27.9 Å². The summed E-state index contributed by atoms with van der Waals surface area (Å²) in [4.78, 5) is 8.29. The first-order chi connectivity index (χ1) is 8.95. The molecule has 1 aromatic heterocycles. The third-order valence-electron chi connectivity index (χ3n) is 2.32. The molecule has 19 heavy (non-hydrogen) atoms. The highest BCUT2D eigenvalue weighted by Gasteiger charge is 2.09. The number of aromatic nitrogens is 2. The fourth-order valence-corrected chi connectivity index (χ4v) is 1.68. The normalized spacial score (nSPS) is 10.8. The first-order valence-corrected chi connectivity index (χ1v) is 6.38. The second-order valence-electron chi connectivity index (χ2n) is 4.22. The maximum atomic E-state index is 13.3. The minimum absolute atomic E-state index is 0.0379. The highest BCUT2D eigenvalue weighted by molar-refractivity contribution is 6.30. The molecule has 0 unspecified atom stereocenters. The fraction of sp³-hybridized carbons (Fsp3) is 0.231. The molecule has 1 heterocycles. The van der Waals surface area contributed by atoms with Crippen LogP contribution < -0.4 is 4.74 Å². The van der Waals surface area contributed by atoms with Crippen molar-refractivity contribution in [1.82, 2.24) is 9.97 Å². The van der Waals surface area contributed by atoms with Gasteiger partial charge in [0.1, 0.15) is 22.5 Å². The van der Waals surface area contributed by atoms with Crippen molar-refractivity contribution in [3.05, 3.63) is 46.1 Å². The average molecular weight is 301 g/mol. The molecule has 0 spiro atoms. The molecule has 2 aromatic rings. The van der Waals surface area contributed by atoms with E-state index >= 15 is 0 Å². The van der Waals surface area contributed by atoms with E-state index in [0.717, 1.165) is 0 Å². The summed E-state index contributed by atoms with van der Waals surface area (Å²) in [6.07, 6.45) is 0. The van der Waals surface area contributed by atoms with Crippen LogP contribution in [0.5, 0.6) is 11.6 Å². The first-order valence-electron chi connectivity index (χ1n) is 5.63. The number of nitrogens with zero attached hydrogens (tertiary/aromatic N) is 2. The lowest BCUT2D eigenvalue weighted by molar-refractivity contribution is 0.452. The number of rotatable bonds is 3. The number of benzene rings is 1. The van der Waals surface area contributed by atoms with Crippen LogP contribution in [0.3, 0.4) is 0 Å². The molecule has 0 N–H and O–H groups in total. The SMILES string of the molecule is CC(C)c1nc(Cl)cc(Oc2ccc(Cl)c(F)c2)n1. The van der Waals surface area contributed by atoms with Crippen LogP contribution in [0.4, 0.5) is 4.39 Å². The van der Waals surface area contributed by atoms with Crippen molar-refractivity contribution in [3.8, 4) is 11.6 Å². The average Bonchev–Trinajstić information content (AvgIpc) is 2.33. The van der Waals surface area contributed by atoms with Gasteiger partial charge in [-0.25, -0.2) is 9.37 Å². The number of halogens is 3. The molecule has 0 aliphatic heterocycles. The summed E-state index contributed by atoms with van der Waals surface area (Å²) >= 11 is 11.5. The molecule has 0 aliphatic rings. The summed E-state index contributed by atoms with van der Waals surface area (Å²) in [5.41, 5.74) is 0. The van der Waals surface area contributed by atoms with Gasteiger partial charge in [0.25, 0.3) is 0 Å². The topological polar surface area (TPSA) is 35.0 Å². The van der Waals surface area contributed by atoms with Crippen LogP contribution in [0, 0.1) is 5.82 Å². The van der Waals surface area contributed by atoms with Gasteiger partial charge >= 0.3 is 0 Å². The van der Waals surface area contributed by atoms with Crippen LogP contribution in [-0.2, 0) is 0 Å². The third-order valence-corrected chi connectivity index (χ3v) is 2.82. The third kappa shape index (κ3) is 3.55. The van der Waals surface area contributed by atoms with Crippen molar-refractivity contribution < 1.29 is 9.13 Å². The Morgan fingerprint density at radius 3 is 2.53 bits per heavy atom. The van der Waals surface area contributed by atoms with Gasteiger partial charge in [-0.3, -0.25) is 0 Å². The predicted molar refractivity (Wildman–Crippen MR) is 72.6 cm³/mol. The fourth-order valence-electron chi connectivity index (χ4n) is 1.39. The molecule has 1 aromatic carbocycles. The van der Waals surface area contributed by atoms with Crippen LogP contribution >= 0.6 is 23.2 Å². The van der Waals surface area contributed by atoms with Crippen molar-refractivity contribution in [1.29, 1.82) is 0 Å². The van der Waals surface area contributed by atoms with Crippen LogP contribution in [0.15, 0.2) is 24.3 Å². The summed E-state index contributed by atoms with van der Waals surface area (Å²) in [6.45, 7) is 3.88. The van der Waals surface area contributed by atoms with E-state index in [9.17, 15) is 4.39 Å². The van der Waals surface area contributed by atoms with Crippen molar-refractivity contribution in [2.45, 2.75) is 19.8 Å². The second kappa shape index (κ2) is 5.72. The zero-order valence-electron chi connectivity index (χ0n) is 10.3. The van der Waals surface area contributed by atoms with Crippen molar-refractivity contribution in [2.75, 3.05) is 0 Å². The van der Waals surface area contributed by atoms with Gasteiger partial charge in [0.15, 0.2) is 0 Å². The number of ether oxygens (including phenoxy) is 1. The van der Waals surface area contributed by atoms with Gasteiger partial charge in [-0.2, -0.15) is 4.98 Å². The van der Waals surface area contributed by atoms with E-state index in [-0.39, 0.29) is 22.0 Å². The molecule has 2 rings (SSSR count). The van der Waals surface area contributed by atoms with Crippen LogP contribution in [0.25, 0.3) is 0 Å². The van der Waals surface area contributed by atoms with Crippen molar-refractivity contribution in [3.63, 3.8) is 0 Å². The molecule has 0 fully saturated rings. The Morgan fingerprint density at radius 2 is 1.89 bits per heavy atom. The Hall–Kier alpha value is -1.39. The largest absolute Gasteiger partial charge is 0.439 e. The first kappa shape index (κ1) is 14.0. The van der Waals surface area contributed by atoms with Crippen molar-refractivity contribution >= 4 is 23.2 Å². The molecule has 3 nitrogen and oxygen atoms in total. The predicted octanol–water partition coefficient (Wildman–Crippen LogP) is 4.84. The van der Waals surface area contributed by atoms with Crippen LogP contribution in [0.2, 0.25) is 10.2 Å². The molecule has 0 radical (unpaired) electrons. The molecule has 0 aliphatic carbocycles. The summed E-state index contributed by atoms with van der Waals surface area (Å²) in [6, 6.07) is 5.63. The van der Waals surface area contributed by atoms with Gasteiger partial charge in [-0.1, -0.05) is 37.0 Å². The van der Waals surface area contributed by atoms with E-state index in [1.807, 2.05) is 13.8 Å². The Kier molecular flexibility index (Phi) is 4.22. The highest BCUT2D eigenvalue weighted by Crippen LogP contribution is 2.26. The van der Waals surface area contributed by atoms with Crippen LogP contribution in [-0.4, -0.2) is 9.97 Å². The second-order valence-corrected chi connectivity index (χ2v) is 5.01. The van der Waals surface area contributed by atoms with Crippen molar-refractivity contribution in [2.24, 2.45) is 0 Å². The van der Waals surface area contributed by atoms with E-state index in [2.05, 4.69) is 9.97 Å². The molecule has 0 bridgehead atoms. The van der Waals surface area contributed by atoms with Gasteiger partial charge in [0, 0.05) is 18.1 Å². The van der Waals surface area contributed by atoms with Crippen LogP contribution in [0.1, 0.15) is 25.6 Å². The lowest BCUT2D eigenvalue weighted by Gasteiger charge is -2.09. The molecular formula is C13H11Cl2FN2O. The molecule has 0 amide bonds.